The molecule has 3 rings (SSSR count). The van der Waals surface area contributed by atoms with Gasteiger partial charge in [0.1, 0.15) is 0 Å². The lowest BCUT2D eigenvalue weighted by atomic mass is 10.2. The summed E-state index contributed by atoms with van der Waals surface area (Å²) >= 11 is 0. The van der Waals surface area contributed by atoms with Gasteiger partial charge < -0.3 is 10.2 Å². The Morgan fingerprint density at radius 2 is 1.35 bits per heavy atom. The van der Waals surface area contributed by atoms with Crippen molar-refractivity contribution in [3.8, 4) is 0 Å². The largest absolute Gasteiger partial charge is 0.342 e. The Bertz CT molecular complexity index is 577. The molecule has 0 aliphatic carbocycles. The molecule has 2 fully saturated rings. The lowest BCUT2D eigenvalue weighted by molar-refractivity contribution is -0.133. The minimum Gasteiger partial charge on any atom is -0.342 e. The summed E-state index contributed by atoms with van der Waals surface area (Å²) in [6.07, 6.45) is 4.76. The molecule has 2 saturated heterocycles. The van der Waals surface area contributed by atoms with Gasteiger partial charge in [-0.15, -0.1) is 0 Å². The molecule has 26 heavy (non-hydrogen) atoms. The first-order valence-electron chi connectivity index (χ1n) is 9.78. The molecule has 6 nitrogen and oxygen atoms in total. The van der Waals surface area contributed by atoms with Crippen molar-refractivity contribution in [3.63, 3.8) is 0 Å². The predicted molar refractivity (Wildman–Crippen MR) is 103 cm³/mol. The third-order valence-corrected chi connectivity index (χ3v) is 5.21. The van der Waals surface area contributed by atoms with Gasteiger partial charge in [0, 0.05) is 45.0 Å². The Hall–Kier alpha value is -1.92. The summed E-state index contributed by atoms with van der Waals surface area (Å²) in [5.41, 5.74) is 0.833. The smallest absolute Gasteiger partial charge is 0.238 e. The van der Waals surface area contributed by atoms with Gasteiger partial charge in [0.15, 0.2) is 0 Å². The maximum absolute atomic E-state index is 12.5. The average Bonchev–Trinajstić information content (AvgIpc) is 2.94. The summed E-state index contributed by atoms with van der Waals surface area (Å²) in [5.74, 6) is 0.285. The first-order chi connectivity index (χ1) is 12.7. The molecule has 0 unspecified atom stereocenters. The van der Waals surface area contributed by atoms with Gasteiger partial charge in [-0.2, -0.15) is 0 Å². The molecular formula is C20H30N4O2. The lowest BCUT2D eigenvalue weighted by Crippen LogP contribution is -2.51. The van der Waals surface area contributed by atoms with Gasteiger partial charge in [0.05, 0.1) is 13.1 Å². The zero-order valence-corrected chi connectivity index (χ0v) is 15.5. The normalized spacial score (nSPS) is 19.8. The highest BCUT2D eigenvalue weighted by Gasteiger charge is 2.23. The maximum atomic E-state index is 12.5. The summed E-state index contributed by atoms with van der Waals surface area (Å²) in [4.78, 5) is 31.1. The monoisotopic (exact) mass is 358 g/mol. The zero-order valence-electron chi connectivity index (χ0n) is 15.5. The third kappa shape index (κ3) is 5.81. The van der Waals surface area contributed by atoms with Crippen molar-refractivity contribution in [1.29, 1.82) is 0 Å². The van der Waals surface area contributed by atoms with Crippen molar-refractivity contribution < 1.29 is 9.59 Å². The highest BCUT2D eigenvalue weighted by Crippen LogP contribution is 2.11. The fourth-order valence-corrected chi connectivity index (χ4v) is 3.64. The van der Waals surface area contributed by atoms with Gasteiger partial charge in [0.2, 0.25) is 11.8 Å². The van der Waals surface area contributed by atoms with Crippen molar-refractivity contribution in [2.45, 2.75) is 25.7 Å². The van der Waals surface area contributed by atoms with Crippen molar-refractivity contribution in [2.75, 3.05) is 57.7 Å². The van der Waals surface area contributed by atoms with E-state index >= 15 is 0 Å². The van der Waals surface area contributed by atoms with Crippen LogP contribution in [0.2, 0.25) is 0 Å². The number of amides is 2. The second-order valence-corrected chi connectivity index (χ2v) is 7.26. The van der Waals surface area contributed by atoms with E-state index in [9.17, 15) is 9.59 Å². The number of hydrogen-bond acceptors (Lipinski definition) is 4. The number of anilines is 1. The molecule has 2 aliphatic heterocycles. The van der Waals surface area contributed by atoms with Gasteiger partial charge in [-0.25, -0.2) is 0 Å². The number of carbonyl (C=O) groups excluding carboxylic acids is 2. The number of carbonyl (C=O) groups is 2. The van der Waals surface area contributed by atoms with Gasteiger partial charge in [-0.3, -0.25) is 19.4 Å². The molecule has 2 amide bonds. The van der Waals surface area contributed by atoms with E-state index in [4.69, 9.17) is 0 Å². The van der Waals surface area contributed by atoms with Crippen LogP contribution < -0.4 is 5.32 Å². The van der Waals surface area contributed by atoms with E-state index in [2.05, 4.69) is 15.1 Å². The number of nitrogens with zero attached hydrogens (tertiary/aromatic N) is 3. The fraction of sp³-hybridized carbons (Fsp3) is 0.600. The Kier molecular flexibility index (Phi) is 7.03. The minimum atomic E-state index is 0.0188. The van der Waals surface area contributed by atoms with Gasteiger partial charge in [0.25, 0.3) is 0 Å². The molecule has 0 bridgehead atoms. The predicted octanol–water partition coefficient (Wildman–Crippen LogP) is 1.65. The zero-order chi connectivity index (χ0) is 18.2. The van der Waals surface area contributed by atoms with Gasteiger partial charge in [-0.1, -0.05) is 31.0 Å². The molecule has 0 saturated carbocycles. The van der Waals surface area contributed by atoms with Crippen LogP contribution in [0.25, 0.3) is 0 Å². The summed E-state index contributed by atoms with van der Waals surface area (Å²) < 4.78 is 0. The number of nitrogens with one attached hydrogen (secondary N) is 1. The topological polar surface area (TPSA) is 55.9 Å². The van der Waals surface area contributed by atoms with Gasteiger partial charge >= 0.3 is 0 Å². The molecule has 1 aromatic rings. The molecule has 1 N–H and O–H groups in total. The van der Waals surface area contributed by atoms with Crippen molar-refractivity contribution in [1.82, 2.24) is 14.7 Å². The van der Waals surface area contributed by atoms with E-state index in [0.29, 0.717) is 13.1 Å². The van der Waals surface area contributed by atoms with Crippen LogP contribution in [0.5, 0.6) is 0 Å². The SMILES string of the molecule is O=C(CN1CCN(CC(=O)N2CCCCCC2)CC1)Nc1ccccc1. The number of likely N-dealkylation sites (tertiary alicyclic amines) is 1. The Balaban J connectivity index is 1.37. The Labute approximate surface area is 156 Å². The minimum absolute atomic E-state index is 0.0188. The lowest BCUT2D eigenvalue weighted by Gasteiger charge is -2.35. The maximum Gasteiger partial charge on any atom is 0.238 e. The van der Waals surface area contributed by atoms with E-state index in [0.717, 1.165) is 57.8 Å². The Morgan fingerprint density at radius 1 is 0.769 bits per heavy atom. The molecule has 6 heteroatoms. The Morgan fingerprint density at radius 3 is 1.96 bits per heavy atom. The van der Waals surface area contributed by atoms with Crippen LogP contribution in [0.4, 0.5) is 5.69 Å². The first kappa shape index (κ1) is 18.9. The second kappa shape index (κ2) is 9.69. The first-order valence-corrected chi connectivity index (χ1v) is 9.78. The van der Waals surface area contributed by atoms with Crippen LogP contribution >= 0.6 is 0 Å². The highest BCUT2D eigenvalue weighted by molar-refractivity contribution is 5.92. The van der Waals surface area contributed by atoms with Crippen molar-refractivity contribution in [2.24, 2.45) is 0 Å². The summed E-state index contributed by atoms with van der Waals surface area (Å²) in [7, 11) is 0. The van der Waals surface area contributed by atoms with E-state index in [1.165, 1.54) is 12.8 Å². The van der Waals surface area contributed by atoms with Crippen LogP contribution in [-0.2, 0) is 9.59 Å². The molecule has 0 spiro atoms. The average molecular weight is 358 g/mol. The number of para-hydroxylation sites is 1. The van der Waals surface area contributed by atoms with E-state index in [-0.39, 0.29) is 11.8 Å². The quantitative estimate of drug-likeness (QED) is 0.870. The standard InChI is InChI=1S/C20H30N4O2/c25-19(21-18-8-4-3-5-9-18)16-22-12-14-23(15-13-22)17-20(26)24-10-6-1-2-7-11-24/h3-5,8-9H,1-2,6-7,10-17H2,(H,21,25). The summed E-state index contributed by atoms with van der Waals surface area (Å²) in [6.45, 7) is 6.10. The molecule has 0 radical (unpaired) electrons. The number of hydrogen-bond donors (Lipinski definition) is 1. The fourth-order valence-electron chi connectivity index (χ4n) is 3.64. The number of benzene rings is 1. The molecule has 142 valence electrons. The number of rotatable bonds is 5. The third-order valence-electron chi connectivity index (χ3n) is 5.21. The van der Waals surface area contributed by atoms with Crippen molar-refractivity contribution in [3.05, 3.63) is 30.3 Å². The summed E-state index contributed by atoms with van der Waals surface area (Å²) in [5, 5.41) is 2.93. The molecule has 0 atom stereocenters. The van der Waals surface area contributed by atoms with Crippen molar-refractivity contribution >= 4 is 17.5 Å². The van der Waals surface area contributed by atoms with Crippen LogP contribution in [0.15, 0.2) is 30.3 Å². The second-order valence-electron chi connectivity index (χ2n) is 7.26. The number of piperazine rings is 1. The molecule has 1 aromatic carbocycles. The van der Waals surface area contributed by atoms with Crippen LogP contribution in [0.1, 0.15) is 25.7 Å². The highest BCUT2D eigenvalue weighted by atomic mass is 16.2. The molecular weight excluding hydrogens is 328 g/mol. The summed E-state index contributed by atoms with van der Waals surface area (Å²) in [6, 6.07) is 9.54. The molecule has 2 heterocycles. The van der Waals surface area contributed by atoms with E-state index < -0.39 is 0 Å². The van der Waals surface area contributed by atoms with Crippen LogP contribution in [-0.4, -0.2) is 78.9 Å². The molecule has 2 aliphatic rings. The van der Waals surface area contributed by atoms with Crippen LogP contribution in [0.3, 0.4) is 0 Å². The van der Waals surface area contributed by atoms with E-state index in [1.54, 1.807) is 0 Å². The van der Waals surface area contributed by atoms with Gasteiger partial charge in [-0.05, 0) is 25.0 Å². The van der Waals surface area contributed by atoms with Crippen LogP contribution in [0, 0.1) is 0 Å². The molecule has 0 aromatic heterocycles. The van der Waals surface area contributed by atoms with E-state index in [1.807, 2.05) is 35.2 Å².